The Morgan fingerprint density at radius 2 is 1.85 bits per heavy atom. The van der Waals surface area contributed by atoms with Gasteiger partial charge in [-0.1, -0.05) is 20.8 Å². The molecular formula is C18H22N6O2. The van der Waals surface area contributed by atoms with E-state index in [4.69, 9.17) is 9.52 Å². The third kappa shape index (κ3) is 2.91. The van der Waals surface area contributed by atoms with Gasteiger partial charge in [-0.2, -0.15) is 4.52 Å². The van der Waals surface area contributed by atoms with E-state index in [0.717, 1.165) is 30.4 Å². The van der Waals surface area contributed by atoms with E-state index in [2.05, 4.69) is 35.9 Å². The van der Waals surface area contributed by atoms with Crippen LogP contribution in [0.2, 0.25) is 0 Å². The summed E-state index contributed by atoms with van der Waals surface area (Å²) in [5, 5.41) is 13.2. The van der Waals surface area contributed by atoms with E-state index in [-0.39, 0.29) is 11.3 Å². The molecule has 1 aliphatic heterocycles. The molecule has 0 atom stereocenters. The summed E-state index contributed by atoms with van der Waals surface area (Å²) in [6, 6.07) is 7.32. The summed E-state index contributed by atoms with van der Waals surface area (Å²) < 4.78 is 7.03. The number of hydrogen-bond donors (Lipinski definition) is 0. The molecule has 3 aromatic heterocycles. The average molecular weight is 354 g/mol. The van der Waals surface area contributed by atoms with Crippen LogP contribution in [-0.2, 0) is 5.41 Å². The van der Waals surface area contributed by atoms with Crippen LogP contribution in [0.5, 0.6) is 0 Å². The molecule has 1 fully saturated rings. The molecule has 0 spiro atoms. The van der Waals surface area contributed by atoms with Crippen molar-refractivity contribution in [1.29, 1.82) is 0 Å². The summed E-state index contributed by atoms with van der Waals surface area (Å²) in [6.07, 6.45) is 1.52. The molecule has 4 rings (SSSR count). The van der Waals surface area contributed by atoms with Gasteiger partial charge in [0.2, 0.25) is 0 Å². The second-order valence-electron chi connectivity index (χ2n) is 7.49. The number of nitrogens with zero attached hydrogens (tertiary/aromatic N) is 6. The highest BCUT2D eigenvalue weighted by molar-refractivity contribution is 5.91. The van der Waals surface area contributed by atoms with Crippen molar-refractivity contribution in [3.8, 4) is 0 Å². The normalized spacial score (nSPS) is 15.7. The zero-order valence-corrected chi connectivity index (χ0v) is 15.2. The zero-order valence-electron chi connectivity index (χ0n) is 15.2. The average Bonchev–Trinajstić information content (AvgIpc) is 3.30. The number of anilines is 1. The van der Waals surface area contributed by atoms with Crippen molar-refractivity contribution in [2.45, 2.75) is 26.2 Å². The van der Waals surface area contributed by atoms with E-state index in [1.807, 2.05) is 21.5 Å². The monoisotopic (exact) mass is 354 g/mol. The topological polar surface area (TPSA) is 79.8 Å². The molecule has 0 unspecified atom stereocenters. The van der Waals surface area contributed by atoms with E-state index in [9.17, 15) is 4.79 Å². The van der Waals surface area contributed by atoms with Gasteiger partial charge in [-0.25, -0.2) is 0 Å². The Bertz CT molecular complexity index is 917. The minimum absolute atomic E-state index is 0.0631. The molecule has 0 bridgehead atoms. The minimum atomic E-state index is -0.140. The lowest BCUT2D eigenvalue weighted by molar-refractivity contribution is 0.0714. The third-order valence-corrected chi connectivity index (χ3v) is 4.54. The maximum atomic E-state index is 12.4. The van der Waals surface area contributed by atoms with Crippen molar-refractivity contribution in [3.05, 3.63) is 42.1 Å². The van der Waals surface area contributed by atoms with Crippen LogP contribution >= 0.6 is 0 Å². The number of rotatable bonds is 2. The number of piperazine rings is 1. The Morgan fingerprint density at radius 1 is 1.08 bits per heavy atom. The summed E-state index contributed by atoms with van der Waals surface area (Å²) >= 11 is 0. The fourth-order valence-electron chi connectivity index (χ4n) is 3.11. The molecule has 4 heterocycles. The predicted octanol–water partition coefficient (Wildman–Crippen LogP) is 1.98. The molecule has 8 nitrogen and oxygen atoms in total. The summed E-state index contributed by atoms with van der Waals surface area (Å²) in [7, 11) is 0. The molecule has 136 valence electrons. The first-order chi connectivity index (χ1) is 12.4. The van der Waals surface area contributed by atoms with Crippen LogP contribution in [0.15, 0.2) is 34.9 Å². The zero-order chi connectivity index (χ0) is 18.3. The molecular weight excluding hydrogens is 332 g/mol. The Kier molecular flexibility index (Phi) is 3.90. The molecule has 0 saturated carbocycles. The van der Waals surface area contributed by atoms with Gasteiger partial charge in [0, 0.05) is 31.6 Å². The van der Waals surface area contributed by atoms with E-state index < -0.39 is 0 Å². The Hall–Kier alpha value is -2.90. The van der Waals surface area contributed by atoms with Crippen LogP contribution in [0.25, 0.3) is 5.65 Å². The SMILES string of the molecule is CC(C)(C)c1nnc2ccc(N3CCN(C(=O)c4ccco4)CC3)nn12. The molecule has 0 radical (unpaired) electrons. The molecule has 1 amide bonds. The standard InChI is InChI=1S/C18H22N6O2/c1-18(2,3)17-20-19-14-6-7-15(21-24(14)17)22-8-10-23(11-9-22)16(25)13-5-4-12-26-13/h4-7,12H,8-11H2,1-3H3. The number of furan rings is 1. The van der Waals surface area contributed by atoms with Gasteiger partial charge in [0.05, 0.1) is 6.26 Å². The van der Waals surface area contributed by atoms with Crippen LogP contribution in [0, 0.1) is 0 Å². The number of aromatic nitrogens is 4. The lowest BCUT2D eigenvalue weighted by Crippen LogP contribution is -2.49. The van der Waals surface area contributed by atoms with Crippen molar-refractivity contribution >= 4 is 17.4 Å². The molecule has 26 heavy (non-hydrogen) atoms. The fourth-order valence-corrected chi connectivity index (χ4v) is 3.11. The fraction of sp³-hybridized carbons (Fsp3) is 0.444. The van der Waals surface area contributed by atoms with Gasteiger partial charge < -0.3 is 14.2 Å². The van der Waals surface area contributed by atoms with E-state index >= 15 is 0 Å². The quantitative estimate of drug-likeness (QED) is 0.700. The third-order valence-electron chi connectivity index (χ3n) is 4.54. The van der Waals surface area contributed by atoms with Crippen LogP contribution in [0.3, 0.4) is 0 Å². The highest BCUT2D eigenvalue weighted by Gasteiger charge is 2.26. The predicted molar refractivity (Wildman–Crippen MR) is 96.3 cm³/mol. The maximum absolute atomic E-state index is 12.4. The molecule has 1 aliphatic rings. The summed E-state index contributed by atoms with van der Waals surface area (Å²) in [5.41, 5.74) is 0.601. The van der Waals surface area contributed by atoms with Gasteiger partial charge in [0.1, 0.15) is 5.82 Å². The first-order valence-electron chi connectivity index (χ1n) is 8.74. The highest BCUT2D eigenvalue weighted by atomic mass is 16.3. The summed E-state index contributed by atoms with van der Waals surface area (Å²) in [5.74, 6) is 2.03. The molecule has 3 aromatic rings. The number of carbonyl (C=O) groups is 1. The second kappa shape index (κ2) is 6.12. The van der Waals surface area contributed by atoms with Crippen LogP contribution < -0.4 is 4.90 Å². The van der Waals surface area contributed by atoms with Crippen LogP contribution in [0.1, 0.15) is 37.2 Å². The molecule has 8 heteroatoms. The first kappa shape index (κ1) is 16.6. The van der Waals surface area contributed by atoms with Crippen LogP contribution in [-0.4, -0.2) is 56.8 Å². The van der Waals surface area contributed by atoms with Gasteiger partial charge in [0.15, 0.2) is 17.2 Å². The Balaban J connectivity index is 1.52. The molecule has 0 aliphatic carbocycles. The van der Waals surface area contributed by atoms with Gasteiger partial charge in [-0.15, -0.1) is 15.3 Å². The number of carbonyl (C=O) groups excluding carboxylic acids is 1. The summed E-state index contributed by atoms with van der Waals surface area (Å²) in [4.78, 5) is 16.4. The lowest BCUT2D eigenvalue weighted by Gasteiger charge is -2.34. The van der Waals surface area contributed by atoms with E-state index in [1.165, 1.54) is 6.26 Å². The van der Waals surface area contributed by atoms with Gasteiger partial charge >= 0.3 is 0 Å². The van der Waals surface area contributed by atoms with Gasteiger partial charge in [-0.3, -0.25) is 4.79 Å². The smallest absolute Gasteiger partial charge is 0.289 e. The van der Waals surface area contributed by atoms with Crippen LogP contribution in [0.4, 0.5) is 5.82 Å². The van der Waals surface area contributed by atoms with Crippen molar-refractivity contribution in [2.24, 2.45) is 0 Å². The first-order valence-corrected chi connectivity index (χ1v) is 8.74. The lowest BCUT2D eigenvalue weighted by atomic mass is 9.96. The minimum Gasteiger partial charge on any atom is -0.459 e. The van der Waals surface area contributed by atoms with Crippen molar-refractivity contribution in [1.82, 2.24) is 24.7 Å². The largest absolute Gasteiger partial charge is 0.459 e. The number of fused-ring (bicyclic) bond motifs is 1. The van der Waals surface area contributed by atoms with Gasteiger partial charge in [-0.05, 0) is 24.3 Å². The number of hydrogen-bond acceptors (Lipinski definition) is 6. The van der Waals surface area contributed by atoms with Crippen molar-refractivity contribution in [2.75, 3.05) is 31.1 Å². The molecule has 0 aromatic carbocycles. The van der Waals surface area contributed by atoms with E-state index in [0.29, 0.717) is 18.8 Å². The van der Waals surface area contributed by atoms with Crippen molar-refractivity contribution < 1.29 is 9.21 Å². The summed E-state index contributed by atoms with van der Waals surface area (Å²) in [6.45, 7) is 8.99. The maximum Gasteiger partial charge on any atom is 0.289 e. The van der Waals surface area contributed by atoms with E-state index in [1.54, 1.807) is 12.1 Å². The Labute approximate surface area is 151 Å². The Morgan fingerprint density at radius 3 is 2.50 bits per heavy atom. The highest BCUT2D eigenvalue weighted by Crippen LogP contribution is 2.22. The second-order valence-corrected chi connectivity index (χ2v) is 7.49. The molecule has 1 saturated heterocycles. The van der Waals surface area contributed by atoms with Crippen molar-refractivity contribution in [3.63, 3.8) is 0 Å². The van der Waals surface area contributed by atoms with Gasteiger partial charge in [0.25, 0.3) is 5.91 Å². The molecule has 0 N–H and O–H groups in total. The number of amides is 1.